The average Bonchev–Trinajstić information content (AvgIpc) is 2.38. The number of anilines is 1. The molecule has 1 heterocycles. The lowest BCUT2D eigenvalue weighted by molar-refractivity contribution is 0.307. The number of para-hydroxylation sites is 2. The molecule has 0 amide bonds. The number of benzene rings is 1. The van der Waals surface area contributed by atoms with Crippen molar-refractivity contribution in [2.24, 2.45) is 5.84 Å². The summed E-state index contributed by atoms with van der Waals surface area (Å²) in [5.74, 6) is 6.11. The zero-order valence-corrected chi connectivity index (χ0v) is 8.76. The van der Waals surface area contributed by atoms with Gasteiger partial charge in [0, 0.05) is 18.0 Å². The number of nitrogens with two attached hydrogens (primary N) is 1. The standard InChI is InChI=1S/C12H13N3O/c13-15-11-5-1-2-6-12(11)16-9-10-4-3-7-14-8-10/h1-8,15H,9,13H2. The van der Waals surface area contributed by atoms with E-state index in [0.29, 0.717) is 6.61 Å². The Morgan fingerprint density at radius 2 is 2.06 bits per heavy atom. The summed E-state index contributed by atoms with van der Waals surface area (Å²) in [5, 5.41) is 0. The van der Waals surface area contributed by atoms with Crippen LogP contribution in [-0.4, -0.2) is 4.98 Å². The number of rotatable bonds is 4. The van der Waals surface area contributed by atoms with Crippen molar-refractivity contribution in [1.29, 1.82) is 0 Å². The van der Waals surface area contributed by atoms with E-state index in [1.165, 1.54) is 0 Å². The fraction of sp³-hybridized carbons (Fsp3) is 0.0833. The summed E-state index contributed by atoms with van der Waals surface area (Å²) in [5.41, 5.74) is 4.38. The molecular weight excluding hydrogens is 202 g/mol. The Morgan fingerprint density at radius 1 is 1.19 bits per heavy atom. The van der Waals surface area contributed by atoms with Gasteiger partial charge in [-0.25, -0.2) is 0 Å². The smallest absolute Gasteiger partial charge is 0.144 e. The summed E-state index contributed by atoms with van der Waals surface area (Å²) < 4.78 is 5.63. The Labute approximate surface area is 94.0 Å². The second kappa shape index (κ2) is 5.14. The fourth-order valence-corrected chi connectivity index (χ4v) is 1.36. The molecule has 0 spiro atoms. The minimum Gasteiger partial charge on any atom is -0.487 e. The second-order valence-corrected chi connectivity index (χ2v) is 3.29. The van der Waals surface area contributed by atoms with Gasteiger partial charge in [0.15, 0.2) is 0 Å². The molecule has 0 unspecified atom stereocenters. The van der Waals surface area contributed by atoms with Crippen molar-refractivity contribution in [3.05, 3.63) is 54.4 Å². The van der Waals surface area contributed by atoms with Crippen LogP contribution in [0.5, 0.6) is 5.75 Å². The maximum Gasteiger partial charge on any atom is 0.144 e. The van der Waals surface area contributed by atoms with Gasteiger partial charge in [0.1, 0.15) is 12.4 Å². The number of pyridine rings is 1. The van der Waals surface area contributed by atoms with Crippen LogP contribution in [0.25, 0.3) is 0 Å². The van der Waals surface area contributed by atoms with Gasteiger partial charge in [0.2, 0.25) is 0 Å². The molecule has 4 heteroatoms. The normalized spacial score (nSPS) is 9.81. The number of nitrogen functional groups attached to an aromatic ring is 1. The lowest BCUT2D eigenvalue weighted by atomic mass is 10.3. The van der Waals surface area contributed by atoms with Gasteiger partial charge in [0.05, 0.1) is 5.69 Å². The van der Waals surface area contributed by atoms with Crippen molar-refractivity contribution >= 4 is 5.69 Å². The average molecular weight is 215 g/mol. The number of hydrazine groups is 1. The molecule has 2 rings (SSSR count). The molecule has 1 aromatic carbocycles. The van der Waals surface area contributed by atoms with E-state index in [4.69, 9.17) is 10.6 Å². The Hall–Kier alpha value is -2.07. The Morgan fingerprint density at radius 3 is 2.81 bits per heavy atom. The molecule has 2 aromatic rings. The highest BCUT2D eigenvalue weighted by molar-refractivity contribution is 5.55. The highest BCUT2D eigenvalue weighted by Crippen LogP contribution is 2.23. The van der Waals surface area contributed by atoms with Gasteiger partial charge in [-0.1, -0.05) is 18.2 Å². The summed E-state index contributed by atoms with van der Waals surface area (Å²) in [4.78, 5) is 4.02. The van der Waals surface area contributed by atoms with E-state index in [9.17, 15) is 0 Å². The fourth-order valence-electron chi connectivity index (χ4n) is 1.36. The molecule has 4 nitrogen and oxygen atoms in total. The van der Waals surface area contributed by atoms with Crippen molar-refractivity contribution in [2.75, 3.05) is 5.43 Å². The summed E-state index contributed by atoms with van der Waals surface area (Å²) >= 11 is 0. The van der Waals surface area contributed by atoms with Crippen LogP contribution in [0, 0.1) is 0 Å². The third kappa shape index (κ3) is 2.49. The van der Waals surface area contributed by atoms with Gasteiger partial charge in [-0.05, 0) is 18.2 Å². The SMILES string of the molecule is NNc1ccccc1OCc1cccnc1. The van der Waals surface area contributed by atoms with Gasteiger partial charge < -0.3 is 10.2 Å². The first-order valence-electron chi connectivity index (χ1n) is 4.97. The van der Waals surface area contributed by atoms with Crippen LogP contribution in [0.2, 0.25) is 0 Å². The summed E-state index contributed by atoms with van der Waals surface area (Å²) in [6.07, 6.45) is 3.51. The zero-order chi connectivity index (χ0) is 11.2. The van der Waals surface area contributed by atoms with Crippen molar-refractivity contribution < 1.29 is 4.74 Å². The summed E-state index contributed by atoms with van der Waals surface area (Å²) in [6, 6.07) is 11.4. The maximum atomic E-state index is 5.63. The van der Waals surface area contributed by atoms with E-state index in [-0.39, 0.29) is 0 Å². The van der Waals surface area contributed by atoms with Crippen LogP contribution in [0.1, 0.15) is 5.56 Å². The molecule has 0 aliphatic heterocycles. The molecule has 0 atom stereocenters. The Balaban J connectivity index is 2.05. The largest absolute Gasteiger partial charge is 0.487 e. The quantitative estimate of drug-likeness (QED) is 0.604. The number of hydrogen-bond acceptors (Lipinski definition) is 4. The van der Waals surface area contributed by atoms with Crippen LogP contribution in [0.15, 0.2) is 48.8 Å². The molecule has 0 fully saturated rings. The number of aromatic nitrogens is 1. The number of nitrogens with zero attached hydrogens (tertiary/aromatic N) is 1. The summed E-state index contributed by atoms with van der Waals surface area (Å²) in [6.45, 7) is 0.479. The number of ether oxygens (including phenoxy) is 1. The first-order valence-corrected chi connectivity index (χ1v) is 4.97. The van der Waals surface area contributed by atoms with Crippen LogP contribution in [-0.2, 0) is 6.61 Å². The minimum atomic E-state index is 0.479. The van der Waals surface area contributed by atoms with E-state index in [0.717, 1.165) is 17.0 Å². The van der Waals surface area contributed by atoms with E-state index < -0.39 is 0 Å². The first-order chi connectivity index (χ1) is 7.90. The predicted octanol–water partition coefficient (Wildman–Crippen LogP) is 1.95. The van der Waals surface area contributed by atoms with E-state index in [1.54, 1.807) is 12.4 Å². The first kappa shape index (κ1) is 10.4. The Bertz CT molecular complexity index is 445. The molecule has 82 valence electrons. The van der Waals surface area contributed by atoms with Crippen molar-refractivity contribution in [1.82, 2.24) is 4.98 Å². The van der Waals surface area contributed by atoms with Crippen molar-refractivity contribution in [3.8, 4) is 5.75 Å². The molecule has 3 N–H and O–H groups in total. The van der Waals surface area contributed by atoms with Crippen molar-refractivity contribution in [3.63, 3.8) is 0 Å². The molecular formula is C12H13N3O. The lowest BCUT2D eigenvalue weighted by Crippen LogP contribution is -2.08. The highest BCUT2D eigenvalue weighted by atomic mass is 16.5. The minimum absolute atomic E-state index is 0.479. The van der Waals surface area contributed by atoms with Gasteiger partial charge in [0.25, 0.3) is 0 Å². The third-order valence-electron chi connectivity index (χ3n) is 2.16. The predicted molar refractivity (Wildman–Crippen MR) is 62.8 cm³/mol. The molecule has 0 saturated heterocycles. The van der Waals surface area contributed by atoms with Gasteiger partial charge in [-0.15, -0.1) is 0 Å². The molecule has 0 radical (unpaired) electrons. The highest BCUT2D eigenvalue weighted by Gasteiger charge is 2.00. The van der Waals surface area contributed by atoms with Crippen molar-refractivity contribution in [2.45, 2.75) is 6.61 Å². The van der Waals surface area contributed by atoms with Crippen LogP contribution in [0.4, 0.5) is 5.69 Å². The van der Waals surface area contributed by atoms with Gasteiger partial charge >= 0.3 is 0 Å². The third-order valence-corrected chi connectivity index (χ3v) is 2.16. The zero-order valence-electron chi connectivity index (χ0n) is 8.76. The number of nitrogens with one attached hydrogen (secondary N) is 1. The molecule has 0 bridgehead atoms. The van der Waals surface area contributed by atoms with Gasteiger partial charge in [-0.3, -0.25) is 10.8 Å². The van der Waals surface area contributed by atoms with Gasteiger partial charge in [-0.2, -0.15) is 0 Å². The summed E-state index contributed by atoms with van der Waals surface area (Å²) in [7, 11) is 0. The van der Waals surface area contributed by atoms with Crippen LogP contribution >= 0.6 is 0 Å². The maximum absolute atomic E-state index is 5.63. The molecule has 1 aromatic heterocycles. The topological polar surface area (TPSA) is 60.2 Å². The molecule has 0 aliphatic rings. The molecule has 0 aliphatic carbocycles. The monoisotopic (exact) mass is 215 g/mol. The lowest BCUT2D eigenvalue weighted by Gasteiger charge is -2.10. The van der Waals surface area contributed by atoms with E-state index >= 15 is 0 Å². The van der Waals surface area contributed by atoms with E-state index in [2.05, 4.69) is 10.4 Å². The van der Waals surface area contributed by atoms with Crippen LogP contribution in [0.3, 0.4) is 0 Å². The van der Waals surface area contributed by atoms with Crippen LogP contribution < -0.4 is 16.0 Å². The number of hydrogen-bond donors (Lipinski definition) is 2. The van der Waals surface area contributed by atoms with E-state index in [1.807, 2.05) is 36.4 Å². The molecule has 0 saturated carbocycles. The second-order valence-electron chi connectivity index (χ2n) is 3.29. The Kier molecular flexibility index (Phi) is 3.35. The molecule has 16 heavy (non-hydrogen) atoms.